The smallest absolute Gasteiger partial charge is 0.333 e. The fraction of sp³-hybridized carbons (Fsp3) is 0.538. The lowest BCUT2D eigenvalue weighted by Crippen LogP contribution is -2.16. The Bertz CT molecular complexity index is 426. The first-order valence-electron chi connectivity index (χ1n) is 6.38. The molecular formula is C13H18N2O3. The second kappa shape index (κ2) is 5.71. The first-order valence-corrected chi connectivity index (χ1v) is 6.38. The number of anilines is 1. The summed E-state index contributed by atoms with van der Waals surface area (Å²) in [6.45, 7) is 0. The van der Waals surface area contributed by atoms with Crippen molar-refractivity contribution in [1.29, 1.82) is 0 Å². The van der Waals surface area contributed by atoms with Crippen LogP contribution in [0, 0.1) is 10.1 Å². The third-order valence-electron chi connectivity index (χ3n) is 3.31. The van der Waals surface area contributed by atoms with Gasteiger partial charge in [-0.05, 0) is 37.8 Å². The first-order chi connectivity index (χ1) is 8.68. The highest BCUT2D eigenvalue weighted by atomic mass is 16.6. The Hall–Kier alpha value is -1.78. The van der Waals surface area contributed by atoms with Crippen molar-refractivity contribution < 1.29 is 9.66 Å². The highest BCUT2D eigenvalue weighted by Gasteiger charge is 2.22. The summed E-state index contributed by atoms with van der Waals surface area (Å²) in [4.78, 5) is 10.5. The second-order valence-electron chi connectivity index (χ2n) is 4.68. The molecule has 5 heteroatoms. The number of benzene rings is 1. The Balaban J connectivity index is 2.17. The van der Waals surface area contributed by atoms with E-state index in [1.54, 1.807) is 12.1 Å². The van der Waals surface area contributed by atoms with Crippen molar-refractivity contribution >= 4 is 11.4 Å². The fourth-order valence-electron chi connectivity index (χ4n) is 2.37. The lowest BCUT2D eigenvalue weighted by atomic mass is 10.1. The maximum Gasteiger partial charge on any atom is 0.333 e. The number of ether oxygens (including phenoxy) is 1. The lowest BCUT2D eigenvalue weighted by molar-refractivity contribution is -0.385. The van der Waals surface area contributed by atoms with Gasteiger partial charge in [0.25, 0.3) is 0 Å². The molecule has 2 rings (SSSR count). The van der Waals surface area contributed by atoms with Gasteiger partial charge in [0.2, 0.25) is 0 Å². The molecule has 1 fully saturated rings. The van der Waals surface area contributed by atoms with Crippen molar-refractivity contribution in [2.24, 2.45) is 0 Å². The third kappa shape index (κ3) is 2.91. The molecule has 0 aliphatic heterocycles. The Labute approximate surface area is 106 Å². The largest absolute Gasteiger partial charge is 0.483 e. The van der Waals surface area contributed by atoms with Crippen LogP contribution in [0.15, 0.2) is 18.2 Å². The standard InChI is InChI=1S/C13H18N2O3/c14-11-8-5-9-12(13(11)15(16)17)18-10-6-3-1-2-4-7-10/h5,8-10H,1-4,6-7,14H2. The summed E-state index contributed by atoms with van der Waals surface area (Å²) in [5.74, 6) is 0.298. The predicted molar refractivity (Wildman–Crippen MR) is 69.6 cm³/mol. The van der Waals surface area contributed by atoms with Gasteiger partial charge >= 0.3 is 5.69 Å². The van der Waals surface area contributed by atoms with E-state index in [0.29, 0.717) is 5.75 Å². The minimum absolute atomic E-state index is 0.0769. The van der Waals surface area contributed by atoms with Crippen LogP contribution in [0.1, 0.15) is 38.5 Å². The maximum atomic E-state index is 11.0. The van der Waals surface area contributed by atoms with E-state index in [1.165, 1.54) is 18.9 Å². The highest BCUT2D eigenvalue weighted by molar-refractivity contribution is 5.65. The molecule has 1 aliphatic carbocycles. The highest BCUT2D eigenvalue weighted by Crippen LogP contribution is 2.34. The molecule has 0 spiro atoms. The van der Waals surface area contributed by atoms with Crippen LogP contribution < -0.4 is 10.5 Å². The summed E-state index contributed by atoms with van der Waals surface area (Å²) in [6, 6.07) is 4.84. The molecule has 0 heterocycles. The van der Waals surface area contributed by atoms with Crippen molar-refractivity contribution in [3.63, 3.8) is 0 Å². The van der Waals surface area contributed by atoms with Crippen molar-refractivity contribution in [1.82, 2.24) is 0 Å². The zero-order valence-electron chi connectivity index (χ0n) is 10.3. The number of nitrogens with two attached hydrogens (primary N) is 1. The summed E-state index contributed by atoms with van der Waals surface area (Å²) in [5.41, 5.74) is 5.69. The predicted octanol–water partition coefficient (Wildman–Crippen LogP) is 3.28. The van der Waals surface area contributed by atoms with Gasteiger partial charge in [0.1, 0.15) is 5.69 Å². The summed E-state index contributed by atoms with van der Waals surface area (Å²) in [7, 11) is 0. The molecule has 18 heavy (non-hydrogen) atoms. The third-order valence-corrected chi connectivity index (χ3v) is 3.31. The van der Waals surface area contributed by atoms with E-state index in [2.05, 4.69) is 0 Å². The summed E-state index contributed by atoms with van der Waals surface area (Å²) in [6.07, 6.45) is 6.70. The van der Waals surface area contributed by atoms with Gasteiger partial charge in [-0.25, -0.2) is 0 Å². The van der Waals surface area contributed by atoms with E-state index in [1.807, 2.05) is 0 Å². The fourth-order valence-corrected chi connectivity index (χ4v) is 2.37. The molecule has 0 saturated heterocycles. The van der Waals surface area contributed by atoms with E-state index in [0.717, 1.165) is 25.7 Å². The van der Waals surface area contributed by atoms with E-state index in [4.69, 9.17) is 10.5 Å². The molecule has 98 valence electrons. The van der Waals surface area contributed by atoms with Gasteiger partial charge in [0.05, 0.1) is 11.0 Å². The molecule has 0 bridgehead atoms. The number of hydrogen-bond donors (Lipinski definition) is 1. The molecule has 0 unspecified atom stereocenters. The van der Waals surface area contributed by atoms with Gasteiger partial charge < -0.3 is 10.5 Å². The topological polar surface area (TPSA) is 78.4 Å². The van der Waals surface area contributed by atoms with Gasteiger partial charge in [-0.1, -0.05) is 18.9 Å². The normalized spacial score (nSPS) is 17.1. The van der Waals surface area contributed by atoms with E-state index in [9.17, 15) is 10.1 Å². The zero-order chi connectivity index (χ0) is 13.0. The quantitative estimate of drug-likeness (QED) is 0.386. The van der Waals surface area contributed by atoms with Crippen LogP contribution in [0.5, 0.6) is 5.75 Å². The van der Waals surface area contributed by atoms with Gasteiger partial charge in [0.15, 0.2) is 5.75 Å². The van der Waals surface area contributed by atoms with Crippen LogP contribution in [-0.4, -0.2) is 11.0 Å². The summed E-state index contributed by atoms with van der Waals surface area (Å²) >= 11 is 0. The van der Waals surface area contributed by atoms with Crippen LogP contribution in [-0.2, 0) is 0 Å². The Morgan fingerprint density at radius 3 is 2.50 bits per heavy atom. The number of hydrogen-bond acceptors (Lipinski definition) is 4. The Kier molecular flexibility index (Phi) is 4.02. The number of nitro groups is 1. The molecule has 0 atom stereocenters. The molecule has 0 radical (unpaired) electrons. The molecule has 1 aliphatic rings. The minimum Gasteiger partial charge on any atom is -0.483 e. The lowest BCUT2D eigenvalue weighted by Gasteiger charge is -2.17. The average molecular weight is 250 g/mol. The first kappa shape index (κ1) is 12.7. The van der Waals surface area contributed by atoms with Crippen LogP contribution in [0.2, 0.25) is 0 Å². The van der Waals surface area contributed by atoms with Crippen molar-refractivity contribution in [3.05, 3.63) is 28.3 Å². The maximum absolute atomic E-state index is 11.0. The molecule has 1 aromatic carbocycles. The monoisotopic (exact) mass is 250 g/mol. The zero-order valence-corrected chi connectivity index (χ0v) is 10.3. The van der Waals surface area contributed by atoms with E-state index in [-0.39, 0.29) is 17.5 Å². The molecule has 2 N–H and O–H groups in total. The molecule has 0 amide bonds. The van der Waals surface area contributed by atoms with Gasteiger partial charge in [-0.3, -0.25) is 10.1 Å². The Morgan fingerprint density at radius 1 is 1.22 bits per heavy atom. The molecule has 0 aromatic heterocycles. The number of nitrogens with zero attached hydrogens (tertiary/aromatic N) is 1. The molecule has 1 saturated carbocycles. The van der Waals surface area contributed by atoms with Crippen LogP contribution >= 0.6 is 0 Å². The number of nitrogen functional groups attached to an aromatic ring is 1. The minimum atomic E-state index is -0.471. The van der Waals surface area contributed by atoms with Crippen molar-refractivity contribution in [3.8, 4) is 5.75 Å². The Morgan fingerprint density at radius 2 is 1.89 bits per heavy atom. The van der Waals surface area contributed by atoms with Gasteiger partial charge in [-0.2, -0.15) is 0 Å². The molecule has 1 aromatic rings. The average Bonchev–Trinajstić information content (AvgIpc) is 2.57. The number of rotatable bonds is 3. The van der Waals surface area contributed by atoms with E-state index < -0.39 is 4.92 Å². The van der Waals surface area contributed by atoms with Gasteiger partial charge in [0, 0.05) is 0 Å². The SMILES string of the molecule is Nc1cccc(OC2CCCCCC2)c1[N+](=O)[O-]. The van der Waals surface area contributed by atoms with Gasteiger partial charge in [-0.15, -0.1) is 0 Å². The van der Waals surface area contributed by atoms with E-state index >= 15 is 0 Å². The second-order valence-corrected chi connectivity index (χ2v) is 4.68. The number of nitro benzene ring substituents is 1. The van der Waals surface area contributed by atoms with Crippen molar-refractivity contribution in [2.75, 3.05) is 5.73 Å². The molecular weight excluding hydrogens is 232 g/mol. The van der Waals surface area contributed by atoms with Crippen LogP contribution in [0.4, 0.5) is 11.4 Å². The van der Waals surface area contributed by atoms with Crippen molar-refractivity contribution in [2.45, 2.75) is 44.6 Å². The van der Waals surface area contributed by atoms with Crippen LogP contribution in [0.3, 0.4) is 0 Å². The summed E-state index contributed by atoms with van der Waals surface area (Å²) in [5, 5.41) is 11.0. The number of para-hydroxylation sites is 1. The molecule has 5 nitrogen and oxygen atoms in total. The van der Waals surface area contributed by atoms with Crippen LogP contribution in [0.25, 0.3) is 0 Å². The summed E-state index contributed by atoms with van der Waals surface area (Å²) < 4.78 is 5.79.